The molecule has 0 aliphatic heterocycles. The summed E-state index contributed by atoms with van der Waals surface area (Å²) >= 11 is 6.48. The van der Waals surface area contributed by atoms with E-state index in [1.165, 1.54) is 32.1 Å². The number of nitrogens with zero attached hydrogens (tertiary/aromatic N) is 4. The molecule has 7 heteroatoms. The number of rotatable bonds is 4. The third-order valence-electron chi connectivity index (χ3n) is 6.57. The number of halogens is 1. The van der Waals surface area contributed by atoms with Crippen LogP contribution in [0.3, 0.4) is 0 Å². The summed E-state index contributed by atoms with van der Waals surface area (Å²) in [5, 5.41) is 0.495. The largest absolute Gasteiger partial charge is 0.357 e. The van der Waals surface area contributed by atoms with Crippen molar-refractivity contribution in [2.45, 2.75) is 75.4 Å². The number of hydrogen-bond acceptors (Lipinski definition) is 6. The minimum absolute atomic E-state index is 0.215. The van der Waals surface area contributed by atoms with Crippen molar-refractivity contribution in [3.05, 3.63) is 35.2 Å². The molecule has 4 rings (SSSR count). The molecule has 0 atom stereocenters. The predicted octanol–water partition coefficient (Wildman–Crippen LogP) is 4.02. The maximum atomic E-state index is 6.66. The van der Waals surface area contributed by atoms with Crippen LogP contribution in [0.25, 0.3) is 11.4 Å². The van der Waals surface area contributed by atoms with E-state index >= 15 is 0 Å². The highest BCUT2D eigenvalue weighted by molar-refractivity contribution is 6.32. The first-order chi connectivity index (χ1) is 14.0. The van der Waals surface area contributed by atoms with Crippen molar-refractivity contribution >= 4 is 17.4 Å². The molecule has 0 unspecified atom stereocenters. The van der Waals surface area contributed by atoms with E-state index in [1.54, 1.807) is 6.20 Å². The summed E-state index contributed by atoms with van der Waals surface area (Å²) in [6.07, 6.45) is 11.4. The van der Waals surface area contributed by atoms with Gasteiger partial charge in [0.05, 0.1) is 16.3 Å². The Morgan fingerprint density at radius 1 is 1.07 bits per heavy atom. The Morgan fingerprint density at radius 3 is 2.52 bits per heavy atom. The van der Waals surface area contributed by atoms with Crippen molar-refractivity contribution in [3.63, 3.8) is 0 Å². The number of hydrogen-bond donors (Lipinski definition) is 2. The summed E-state index contributed by atoms with van der Waals surface area (Å²) < 4.78 is 0. The Kier molecular flexibility index (Phi) is 6.04. The van der Waals surface area contributed by atoms with Crippen LogP contribution in [0, 0.1) is 0 Å². The molecular formula is C22H31ClN6. The highest BCUT2D eigenvalue weighted by atomic mass is 35.5. The van der Waals surface area contributed by atoms with Crippen LogP contribution in [0.4, 0.5) is 5.82 Å². The second-order valence-corrected chi connectivity index (χ2v) is 9.07. The highest BCUT2D eigenvalue weighted by Crippen LogP contribution is 2.35. The van der Waals surface area contributed by atoms with Crippen LogP contribution in [-0.2, 0) is 5.54 Å². The Morgan fingerprint density at radius 2 is 1.79 bits per heavy atom. The SMILES string of the molecule is CN(c1cccc(-c2nc(C3(N)CCC(N)CC3)ncc2Cl)n1)C1CCCCC1. The van der Waals surface area contributed by atoms with Crippen molar-refractivity contribution in [2.24, 2.45) is 11.5 Å². The highest BCUT2D eigenvalue weighted by Gasteiger charge is 2.35. The zero-order valence-corrected chi connectivity index (χ0v) is 17.9. The van der Waals surface area contributed by atoms with E-state index in [0.29, 0.717) is 22.6 Å². The van der Waals surface area contributed by atoms with E-state index in [0.717, 1.165) is 37.2 Å². The fourth-order valence-corrected chi connectivity index (χ4v) is 4.76. The van der Waals surface area contributed by atoms with Crippen LogP contribution in [-0.4, -0.2) is 34.1 Å². The predicted molar refractivity (Wildman–Crippen MR) is 118 cm³/mol. The molecule has 0 radical (unpaired) electrons. The van der Waals surface area contributed by atoms with Gasteiger partial charge in [-0.2, -0.15) is 0 Å². The quantitative estimate of drug-likeness (QED) is 0.784. The molecule has 2 aromatic heterocycles. The van der Waals surface area contributed by atoms with Crippen molar-refractivity contribution in [3.8, 4) is 11.4 Å². The number of aromatic nitrogens is 3. The molecule has 2 heterocycles. The normalized spacial score (nSPS) is 25.7. The minimum Gasteiger partial charge on any atom is -0.357 e. The van der Waals surface area contributed by atoms with E-state index in [4.69, 9.17) is 33.0 Å². The Hall–Kier alpha value is -1.76. The van der Waals surface area contributed by atoms with Crippen molar-refractivity contribution in [1.29, 1.82) is 0 Å². The number of anilines is 1. The molecule has 29 heavy (non-hydrogen) atoms. The van der Waals surface area contributed by atoms with Crippen molar-refractivity contribution < 1.29 is 0 Å². The molecule has 2 aromatic rings. The van der Waals surface area contributed by atoms with E-state index < -0.39 is 5.54 Å². The van der Waals surface area contributed by atoms with Crippen LogP contribution < -0.4 is 16.4 Å². The monoisotopic (exact) mass is 414 g/mol. The van der Waals surface area contributed by atoms with Crippen LogP contribution in [0.2, 0.25) is 5.02 Å². The van der Waals surface area contributed by atoms with Gasteiger partial charge in [-0.05, 0) is 50.7 Å². The zero-order valence-electron chi connectivity index (χ0n) is 17.1. The summed E-state index contributed by atoms with van der Waals surface area (Å²) in [5.41, 5.74) is 13.6. The van der Waals surface area contributed by atoms with Gasteiger partial charge in [-0.15, -0.1) is 0 Å². The van der Waals surface area contributed by atoms with Crippen molar-refractivity contribution in [1.82, 2.24) is 15.0 Å². The molecule has 4 N–H and O–H groups in total. The van der Waals surface area contributed by atoms with Crippen LogP contribution in [0.15, 0.2) is 24.4 Å². The summed E-state index contributed by atoms with van der Waals surface area (Å²) in [6, 6.07) is 6.79. The molecule has 0 aromatic carbocycles. The first-order valence-electron chi connectivity index (χ1n) is 10.7. The van der Waals surface area contributed by atoms with Gasteiger partial charge < -0.3 is 16.4 Å². The fraction of sp³-hybridized carbons (Fsp3) is 0.591. The second-order valence-electron chi connectivity index (χ2n) is 8.67. The van der Waals surface area contributed by atoms with Gasteiger partial charge in [0, 0.05) is 25.3 Å². The number of nitrogens with two attached hydrogens (primary N) is 2. The van der Waals surface area contributed by atoms with E-state index in [9.17, 15) is 0 Å². The summed E-state index contributed by atoms with van der Waals surface area (Å²) in [5.74, 6) is 1.59. The molecule has 2 aliphatic rings. The zero-order chi connectivity index (χ0) is 20.4. The van der Waals surface area contributed by atoms with Gasteiger partial charge in [0.1, 0.15) is 17.3 Å². The Balaban J connectivity index is 1.63. The topological polar surface area (TPSA) is 94.0 Å². The maximum Gasteiger partial charge on any atom is 0.148 e. The van der Waals surface area contributed by atoms with Crippen molar-refractivity contribution in [2.75, 3.05) is 11.9 Å². The van der Waals surface area contributed by atoms with Gasteiger partial charge >= 0.3 is 0 Å². The molecule has 0 spiro atoms. The van der Waals surface area contributed by atoms with Gasteiger partial charge in [0.25, 0.3) is 0 Å². The lowest BCUT2D eigenvalue weighted by molar-refractivity contribution is 0.265. The van der Waals surface area contributed by atoms with Gasteiger partial charge in [-0.3, -0.25) is 0 Å². The van der Waals surface area contributed by atoms with Gasteiger partial charge in [0.15, 0.2) is 0 Å². The lowest BCUT2D eigenvalue weighted by Crippen LogP contribution is -2.45. The fourth-order valence-electron chi connectivity index (χ4n) is 4.57. The molecular weight excluding hydrogens is 384 g/mol. The molecule has 0 bridgehead atoms. The summed E-state index contributed by atoms with van der Waals surface area (Å²) in [4.78, 5) is 16.4. The third-order valence-corrected chi connectivity index (χ3v) is 6.85. The van der Waals surface area contributed by atoms with Gasteiger partial charge in [-0.25, -0.2) is 15.0 Å². The Labute approximate surface area is 178 Å². The lowest BCUT2D eigenvalue weighted by atomic mass is 9.80. The third kappa shape index (κ3) is 4.39. The maximum absolute atomic E-state index is 6.66. The Bertz CT molecular complexity index is 843. The molecule has 0 amide bonds. The molecule has 0 saturated heterocycles. The first kappa shape index (κ1) is 20.5. The van der Waals surface area contributed by atoms with Crippen LogP contribution >= 0.6 is 11.6 Å². The van der Waals surface area contributed by atoms with E-state index in [2.05, 4.69) is 23.0 Å². The van der Waals surface area contributed by atoms with E-state index in [1.807, 2.05) is 12.1 Å². The summed E-state index contributed by atoms with van der Waals surface area (Å²) in [7, 11) is 2.13. The molecule has 2 aliphatic carbocycles. The standard InChI is InChI=1S/C22H31ClN6/c1-29(16-6-3-2-4-7-16)19-9-5-8-18(27-19)20-17(23)14-26-21(28-20)22(25)12-10-15(24)11-13-22/h5,8-9,14-16H,2-4,6-7,10-13,24-25H2,1H3. The average Bonchev–Trinajstić information content (AvgIpc) is 2.76. The second kappa shape index (κ2) is 8.54. The number of pyridine rings is 1. The first-order valence-corrected chi connectivity index (χ1v) is 11.1. The van der Waals surface area contributed by atoms with Gasteiger partial charge in [-0.1, -0.05) is 36.9 Å². The van der Waals surface area contributed by atoms with Gasteiger partial charge in [0.2, 0.25) is 0 Å². The molecule has 156 valence electrons. The minimum atomic E-state index is -0.550. The lowest BCUT2D eigenvalue weighted by Gasteiger charge is -2.34. The smallest absolute Gasteiger partial charge is 0.148 e. The van der Waals surface area contributed by atoms with E-state index in [-0.39, 0.29) is 6.04 Å². The molecule has 6 nitrogen and oxygen atoms in total. The molecule has 2 saturated carbocycles. The van der Waals surface area contributed by atoms with Crippen LogP contribution in [0.5, 0.6) is 0 Å². The molecule has 2 fully saturated rings. The summed E-state index contributed by atoms with van der Waals surface area (Å²) in [6.45, 7) is 0. The average molecular weight is 415 g/mol. The van der Waals surface area contributed by atoms with Crippen LogP contribution in [0.1, 0.15) is 63.6 Å².